The Morgan fingerprint density at radius 3 is 2.65 bits per heavy atom. The molecule has 1 aromatic carbocycles. The molecule has 1 aliphatic rings. The highest BCUT2D eigenvalue weighted by Crippen LogP contribution is 2.40. The molecule has 26 heavy (non-hydrogen) atoms. The van der Waals surface area contributed by atoms with Crippen LogP contribution in [0.15, 0.2) is 30.3 Å². The van der Waals surface area contributed by atoms with E-state index in [0.717, 1.165) is 23.2 Å². The van der Waals surface area contributed by atoms with Crippen molar-refractivity contribution < 1.29 is 9.18 Å². The number of nitrogens with zero attached hydrogens (tertiary/aromatic N) is 2. The lowest BCUT2D eigenvalue weighted by Crippen LogP contribution is -2.33. The van der Waals surface area contributed by atoms with Gasteiger partial charge in [-0.2, -0.15) is 0 Å². The standard InChI is InChI=1S/C19H22FN3OSSi/c1-26(2)9-7-12(8-10-26)23-15(17(21)24)11-16-18(23)22-19(25-16)13-5-3-4-6-14(13)20/h3-6,11-12H,7-10H2,1-2H3,(H2,21,24). The number of carbonyl (C=O) groups excluding carboxylic acids is 1. The van der Waals surface area contributed by atoms with Crippen molar-refractivity contribution in [2.75, 3.05) is 0 Å². The van der Waals surface area contributed by atoms with E-state index >= 15 is 0 Å². The molecule has 0 bridgehead atoms. The average molecular weight is 388 g/mol. The van der Waals surface area contributed by atoms with E-state index in [1.165, 1.54) is 29.5 Å². The molecule has 3 heterocycles. The summed E-state index contributed by atoms with van der Waals surface area (Å²) >= 11 is 1.41. The second-order valence-corrected chi connectivity index (χ2v) is 14.2. The summed E-state index contributed by atoms with van der Waals surface area (Å²) in [5.74, 6) is -0.708. The minimum Gasteiger partial charge on any atom is -0.364 e. The molecule has 4 nitrogen and oxygen atoms in total. The second kappa shape index (κ2) is 6.31. The molecule has 1 fully saturated rings. The monoisotopic (exact) mass is 387 g/mol. The van der Waals surface area contributed by atoms with Gasteiger partial charge in [0.25, 0.3) is 5.91 Å². The van der Waals surface area contributed by atoms with Gasteiger partial charge in [0.2, 0.25) is 0 Å². The van der Waals surface area contributed by atoms with Crippen molar-refractivity contribution in [3.63, 3.8) is 0 Å². The van der Waals surface area contributed by atoms with Crippen molar-refractivity contribution in [3.8, 4) is 10.6 Å². The molecule has 7 heteroatoms. The van der Waals surface area contributed by atoms with E-state index < -0.39 is 14.0 Å². The topological polar surface area (TPSA) is 60.9 Å². The smallest absolute Gasteiger partial charge is 0.265 e. The fourth-order valence-corrected chi connectivity index (χ4v) is 7.35. The number of halogens is 1. The molecule has 0 atom stereocenters. The van der Waals surface area contributed by atoms with Crippen LogP contribution in [0.5, 0.6) is 0 Å². The van der Waals surface area contributed by atoms with Gasteiger partial charge < -0.3 is 10.3 Å². The summed E-state index contributed by atoms with van der Waals surface area (Å²) in [6.45, 7) is 4.84. The van der Waals surface area contributed by atoms with Gasteiger partial charge in [0, 0.05) is 19.7 Å². The maximum Gasteiger partial charge on any atom is 0.265 e. The van der Waals surface area contributed by atoms with E-state index in [1.807, 2.05) is 10.6 Å². The van der Waals surface area contributed by atoms with Crippen molar-refractivity contribution >= 4 is 35.7 Å². The lowest BCUT2D eigenvalue weighted by molar-refractivity contribution is 0.0989. The van der Waals surface area contributed by atoms with Crippen LogP contribution in [0.4, 0.5) is 4.39 Å². The normalized spacial score (nSPS) is 17.7. The molecule has 1 amide bonds. The van der Waals surface area contributed by atoms with Gasteiger partial charge in [-0.05, 0) is 31.0 Å². The Bertz CT molecular complexity index is 984. The molecule has 4 rings (SSSR count). The molecule has 0 unspecified atom stereocenters. The maximum atomic E-state index is 14.1. The molecular formula is C19H22FN3OSSi. The van der Waals surface area contributed by atoms with Gasteiger partial charge >= 0.3 is 0 Å². The molecule has 1 aliphatic heterocycles. The van der Waals surface area contributed by atoms with E-state index in [4.69, 9.17) is 10.7 Å². The number of hydrogen-bond acceptors (Lipinski definition) is 3. The zero-order valence-electron chi connectivity index (χ0n) is 15.0. The minimum absolute atomic E-state index is 0.242. The summed E-state index contributed by atoms with van der Waals surface area (Å²) in [6.07, 6.45) is 2.10. The van der Waals surface area contributed by atoms with Crippen LogP contribution in [-0.4, -0.2) is 23.5 Å². The first-order valence-electron chi connectivity index (χ1n) is 8.92. The highest BCUT2D eigenvalue weighted by Gasteiger charge is 2.32. The van der Waals surface area contributed by atoms with Crippen LogP contribution in [0.2, 0.25) is 25.2 Å². The number of hydrogen-bond donors (Lipinski definition) is 1. The van der Waals surface area contributed by atoms with Crippen LogP contribution in [0.3, 0.4) is 0 Å². The second-order valence-electron chi connectivity index (χ2n) is 7.85. The summed E-state index contributed by atoms with van der Waals surface area (Å²) in [5.41, 5.74) is 7.41. The molecular weight excluding hydrogens is 365 g/mol. The summed E-state index contributed by atoms with van der Waals surface area (Å²) in [6, 6.07) is 11.2. The maximum absolute atomic E-state index is 14.1. The van der Waals surface area contributed by atoms with Gasteiger partial charge in [-0.1, -0.05) is 37.3 Å². The van der Waals surface area contributed by atoms with E-state index in [0.29, 0.717) is 16.3 Å². The summed E-state index contributed by atoms with van der Waals surface area (Å²) in [5, 5.41) is 0.642. The lowest BCUT2D eigenvalue weighted by atomic mass is 10.1. The predicted molar refractivity (Wildman–Crippen MR) is 107 cm³/mol. The van der Waals surface area contributed by atoms with E-state index in [9.17, 15) is 9.18 Å². The van der Waals surface area contributed by atoms with Crippen LogP contribution >= 0.6 is 11.3 Å². The van der Waals surface area contributed by atoms with Gasteiger partial charge in [0.15, 0.2) is 5.65 Å². The summed E-state index contributed by atoms with van der Waals surface area (Å²) in [7, 11) is -1.11. The number of aromatic nitrogens is 2. The van der Waals surface area contributed by atoms with Gasteiger partial charge in [-0.15, -0.1) is 11.3 Å². The van der Waals surface area contributed by atoms with Crippen molar-refractivity contribution in [2.45, 2.75) is 44.1 Å². The Balaban J connectivity index is 1.81. The third-order valence-corrected chi connectivity index (χ3v) is 9.73. The number of rotatable bonds is 3. The van der Waals surface area contributed by atoms with Crippen LogP contribution in [0, 0.1) is 5.82 Å². The minimum atomic E-state index is -1.11. The van der Waals surface area contributed by atoms with Crippen LogP contribution in [0.1, 0.15) is 29.4 Å². The van der Waals surface area contributed by atoms with Crippen molar-refractivity contribution in [1.29, 1.82) is 0 Å². The average Bonchev–Trinajstić information content (AvgIpc) is 3.13. The first-order valence-corrected chi connectivity index (χ1v) is 13.2. The Kier molecular flexibility index (Phi) is 4.23. The number of benzene rings is 1. The Hall–Kier alpha value is -1.99. The number of nitrogens with two attached hydrogens (primary N) is 1. The third kappa shape index (κ3) is 2.99. The zero-order valence-corrected chi connectivity index (χ0v) is 16.8. The van der Waals surface area contributed by atoms with Gasteiger partial charge in [-0.25, -0.2) is 9.37 Å². The van der Waals surface area contributed by atoms with Crippen molar-refractivity contribution in [1.82, 2.24) is 9.55 Å². The third-order valence-electron chi connectivity index (χ3n) is 5.42. The fourth-order valence-electron chi connectivity index (χ4n) is 3.85. The van der Waals surface area contributed by atoms with Crippen molar-refractivity contribution in [3.05, 3.63) is 41.8 Å². The SMILES string of the molecule is C[Si]1(C)CCC(n2c(C(N)=O)cc3sc(-c4ccccc4F)nc32)CC1. The molecule has 2 N–H and O–H groups in total. The van der Waals surface area contributed by atoms with E-state index in [-0.39, 0.29) is 11.9 Å². The molecule has 136 valence electrons. The van der Waals surface area contributed by atoms with Crippen LogP contribution in [-0.2, 0) is 0 Å². The number of carbonyl (C=O) groups is 1. The van der Waals surface area contributed by atoms with E-state index in [1.54, 1.807) is 18.2 Å². The molecule has 2 aromatic heterocycles. The molecule has 0 radical (unpaired) electrons. The molecule has 3 aromatic rings. The molecule has 0 spiro atoms. The Morgan fingerprint density at radius 2 is 2.00 bits per heavy atom. The predicted octanol–water partition coefficient (Wildman–Crippen LogP) is 5.05. The molecule has 0 saturated carbocycles. The fraction of sp³-hybridized carbons (Fsp3) is 0.368. The van der Waals surface area contributed by atoms with Gasteiger partial charge in [0.1, 0.15) is 16.5 Å². The largest absolute Gasteiger partial charge is 0.364 e. The van der Waals surface area contributed by atoms with Gasteiger partial charge in [0.05, 0.1) is 4.70 Å². The first kappa shape index (κ1) is 17.4. The van der Waals surface area contributed by atoms with Crippen LogP contribution < -0.4 is 5.73 Å². The number of fused-ring (bicyclic) bond motifs is 1. The summed E-state index contributed by atoms with van der Waals surface area (Å²) in [4.78, 5) is 16.7. The number of thiazole rings is 1. The highest BCUT2D eigenvalue weighted by molar-refractivity contribution is 7.21. The first-order chi connectivity index (χ1) is 12.4. The number of amides is 1. The highest BCUT2D eigenvalue weighted by atomic mass is 32.1. The van der Waals surface area contributed by atoms with Crippen LogP contribution in [0.25, 0.3) is 20.9 Å². The quantitative estimate of drug-likeness (QED) is 0.640. The molecule has 0 aliphatic carbocycles. The Labute approximate surface area is 156 Å². The summed E-state index contributed by atoms with van der Waals surface area (Å²) < 4.78 is 17.1. The number of primary amides is 1. The van der Waals surface area contributed by atoms with E-state index in [2.05, 4.69) is 13.1 Å². The van der Waals surface area contributed by atoms with Gasteiger partial charge in [-0.3, -0.25) is 4.79 Å². The molecule has 1 saturated heterocycles. The van der Waals surface area contributed by atoms with Crippen molar-refractivity contribution in [2.24, 2.45) is 5.73 Å². The zero-order chi connectivity index (χ0) is 18.5. The Morgan fingerprint density at radius 1 is 1.31 bits per heavy atom. The lowest BCUT2D eigenvalue weighted by Gasteiger charge is -2.34.